The highest BCUT2D eigenvalue weighted by Crippen LogP contribution is 2.22. The van der Waals surface area contributed by atoms with Gasteiger partial charge in [0.2, 0.25) is 21.8 Å². The van der Waals surface area contributed by atoms with E-state index in [4.69, 9.17) is 0 Å². The van der Waals surface area contributed by atoms with Gasteiger partial charge >= 0.3 is 0 Å². The van der Waals surface area contributed by atoms with E-state index in [-0.39, 0.29) is 35.6 Å². The van der Waals surface area contributed by atoms with Crippen LogP contribution >= 0.6 is 0 Å². The number of ketones is 1. The molecular weight excluding hydrogens is 533 g/mol. The Bertz CT molecular complexity index is 1450. The lowest BCUT2D eigenvalue weighted by Gasteiger charge is -2.33. The second kappa shape index (κ2) is 13.8. The molecule has 2 amide bonds. The van der Waals surface area contributed by atoms with E-state index in [0.29, 0.717) is 13.0 Å². The third-order valence-electron chi connectivity index (χ3n) is 6.34. The molecule has 0 saturated carbocycles. The van der Waals surface area contributed by atoms with Crippen molar-refractivity contribution < 1.29 is 27.2 Å². The van der Waals surface area contributed by atoms with Crippen LogP contribution in [-0.2, 0) is 32.6 Å². The predicted molar refractivity (Wildman–Crippen MR) is 153 cm³/mol. The molecule has 0 saturated heterocycles. The first-order chi connectivity index (χ1) is 19.0. The molecule has 0 heterocycles. The summed E-state index contributed by atoms with van der Waals surface area (Å²) in [5.41, 5.74) is 1.37. The first-order valence-corrected chi connectivity index (χ1v) is 14.8. The lowest BCUT2D eigenvalue weighted by molar-refractivity contribution is -0.140. The Balaban J connectivity index is 2.07. The Morgan fingerprint density at radius 3 is 2.25 bits per heavy atom. The van der Waals surface area contributed by atoms with Crippen LogP contribution in [-0.4, -0.2) is 56.3 Å². The number of nitrogens with zero attached hydrogens (tertiary/aromatic N) is 2. The maximum absolute atomic E-state index is 14.8. The molecule has 0 unspecified atom stereocenters. The van der Waals surface area contributed by atoms with Gasteiger partial charge in [0.1, 0.15) is 18.4 Å². The normalized spacial score (nSPS) is 11.9. The molecule has 10 heteroatoms. The number of sulfonamides is 1. The molecule has 0 aliphatic carbocycles. The van der Waals surface area contributed by atoms with Crippen LogP contribution in [0.2, 0.25) is 0 Å². The fourth-order valence-electron chi connectivity index (χ4n) is 4.22. The van der Waals surface area contributed by atoms with E-state index in [2.05, 4.69) is 5.32 Å². The van der Waals surface area contributed by atoms with Crippen molar-refractivity contribution in [2.45, 2.75) is 39.3 Å². The Labute approximate surface area is 234 Å². The Kier molecular flexibility index (Phi) is 10.6. The number of halogens is 1. The quantitative estimate of drug-likeness (QED) is 0.315. The van der Waals surface area contributed by atoms with Gasteiger partial charge in [0.25, 0.3) is 0 Å². The summed E-state index contributed by atoms with van der Waals surface area (Å²) in [4.78, 5) is 40.6. The van der Waals surface area contributed by atoms with E-state index >= 15 is 0 Å². The monoisotopic (exact) mass is 567 g/mol. The molecule has 40 heavy (non-hydrogen) atoms. The minimum absolute atomic E-state index is 0.129. The minimum atomic E-state index is -3.99. The molecule has 3 aromatic carbocycles. The van der Waals surface area contributed by atoms with E-state index in [1.807, 2.05) is 37.3 Å². The molecule has 3 aromatic rings. The summed E-state index contributed by atoms with van der Waals surface area (Å²) in [5.74, 6) is -1.95. The van der Waals surface area contributed by atoms with Gasteiger partial charge in [-0.2, -0.15) is 0 Å². The number of carbonyl (C=O) groups is 3. The highest BCUT2D eigenvalue weighted by atomic mass is 32.2. The molecule has 0 spiro atoms. The molecule has 0 aliphatic rings. The van der Waals surface area contributed by atoms with Crippen LogP contribution in [0.5, 0.6) is 0 Å². The minimum Gasteiger partial charge on any atom is -0.354 e. The van der Waals surface area contributed by atoms with Gasteiger partial charge in [-0.05, 0) is 37.1 Å². The molecule has 0 bridgehead atoms. The third kappa shape index (κ3) is 8.22. The van der Waals surface area contributed by atoms with Crippen LogP contribution in [0, 0.1) is 5.82 Å². The van der Waals surface area contributed by atoms with Crippen molar-refractivity contribution in [3.8, 4) is 0 Å². The summed E-state index contributed by atoms with van der Waals surface area (Å²) < 4.78 is 41.4. The second-order valence-corrected chi connectivity index (χ2v) is 11.4. The van der Waals surface area contributed by atoms with Crippen LogP contribution in [0.1, 0.15) is 41.8 Å². The summed E-state index contributed by atoms with van der Waals surface area (Å²) in [6.45, 7) is 2.72. The van der Waals surface area contributed by atoms with E-state index < -0.39 is 40.2 Å². The average Bonchev–Trinajstić information content (AvgIpc) is 2.93. The van der Waals surface area contributed by atoms with Crippen molar-refractivity contribution in [3.05, 3.63) is 101 Å². The van der Waals surface area contributed by atoms with Crippen molar-refractivity contribution in [2.24, 2.45) is 0 Å². The lowest BCUT2D eigenvalue weighted by Crippen LogP contribution is -2.53. The van der Waals surface area contributed by atoms with Gasteiger partial charge in [-0.3, -0.25) is 18.7 Å². The van der Waals surface area contributed by atoms with Crippen LogP contribution in [0.4, 0.5) is 10.1 Å². The largest absolute Gasteiger partial charge is 0.354 e. The van der Waals surface area contributed by atoms with Gasteiger partial charge < -0.3 is 10.2 Å². The summed E-state index contributed by atoms with van der Waals surface area (Å²) in [6.07, 6.45) is 1.76. The molecule has 212 valence electrons. The number of hydrogen-bond donors (Lipinski definition) is 1. The summed E-state index contributed by atoms with van der Waals surface area (Å²) >= 11 is 0. The highest BCUT2D eigenvalue weighted by molar-refractivity contribution is 7.92. The predicted octanol–water partition coefficient (Wildman–Crippen LogP) is 3.96. The fraction of sp³-hybridized carbons (Fsp3) is 0.300. The molecule has 1 atom stereocenters. The van der Waals surface area contributed by atoms with E-state index in [0.717, 1.165) is 16.1 Å². The van der Waals surface area contributed by atoms with E-state index in [1.54, 1.807) is 12.1 Å². The number of amides is 2. The van der Waals surface area contributed by atoms with E-state index in [9.17, 15) is 27.2 Å². The number of rotatable bonds is 13. The molecule has 0 aliphatic heterocycles. The van der Waals surface area contributed by atoms with Gasteiger partial charge in [-0.15, -0.1) is 0 Å². The van der Waals surface area contributed by atoms with Crippen LogP contribution in [0.3, 0.4) is 0 Å². The average molecular weight is 568 g/mol. The molecule has 0 fully saturated rings. The number of anilines is 1. The van der Waals surface area contributed by atoms with Gasteiger partial charge in [-0.25, -0.2) is 12.8 Å². The van der Waals surface area contributed by atoms with E-state index in [1.165, 1.54) is 48.2 Å². The maximum Gasteiger partial charge on any atom is 0.244 e. The number of nitrogens with one attached hydrogen (secondary N) is 1. The summed E-state index contributed by atoms with van der Waals surface area (Å²) in [6, 6.07) is 19.9. The number of benzene rings is 3. The standard InChI is InChI=1S/C30H34FN3O5S/c1-4-17-32-30(37)28(18-23-11-6-5-7-12-23)33(20-25-13-8-9-16-27(25)31)29(36)21-34(40(3,38)39)26-15-10-14-24(19-26)22(2)35/h5-16,19,28H,4,17-18,20-21H2,1-3H3,(H,32,37)/t28-/m0/s1. The summed E-state index contributed by atoms with van der Waals surface area (Å²) in [7, 11) is -3.99. The smallest absolute Gasteiger partial charge is 0.244 e. The Hall–Kier alpha value is -4.05. The SMILES string of the molecule is CCCNC(=O)[C@H](Cc1ccccc1)N(Cc1ccccc1F)C(=O)CN(c1cccc(C(C)=O)c1)S(C)(=O)=O. The van der Waals surface area contributed by atoms with Crippen molar-refractivity contribution in [2.75, 3.05) is 23.7 Å². The van der Waals surface area contributed by atoms with Gasteiger partial charge in [0.15, 0.2) is 5.78 Å². The highest BCUT2D eigenvalue weighted by Gasteiger charge is 2.33. The second-order valence-electron chi connectivity index (χ2n) is 9.49. The van der Waals surface area contributed by atoms with Crippen molar-refractivity contribution in [3.63, 3.8) is 0 Å². The van der Waals surface area contributed by atoms with Crippen LogP contribution in [0.15, 0.2) is 78.9 Å². The van der Waals surface area contributed by atoms with Crippen LogP contribution in [0.25, 0.3) is 0 Å². The summed E-state index contributed by atoms with van der Waals surface area (Å²) in [5, 5.41) is 2.83. The Morgan fingerprint density at radius 1 is 0.950 bits per heavy atom. The topological polar surface area (TPSA) is 104 Å². The zero-order valence-electron chi connectivity index (χ0n) is 22.8. The molecule has 8 nitrogen and oxygen atoms in total. The number of carbonyl (C=O) groups excluding carboxylic acids is 3. The van der Waals surface area contributed by atoms with Crippen LogP contribution < -0.4 is 9.62 Å². The Morgan fingerprint density at radius 2 is 1.62 bits per heavy atom. The lowest BCUT2D eigenvalue weighted by atomic mass is 10.0. The maximum atomic E-state index is 14.8. The zero-order chi connectivity index (χ0) is 29.3. The number of hydrogen-bond acceptors (Lipinski definition) is 5. The third-order valence-corrected chi connectivity index (χ3v) is 7.48. The fourth-order valence-corrected chi connectivity index (χ4v) is 5.07. The van der Waals surface area contributed by atoms with Gasteiger partial charge in [-0.1, -0.05) is 67.6 Å². The molecule has 1 N–H and O–H groups in total. The zero-order valence-corrected chi connectivity index (χ0v) is 23.7. The van der Waals surface area contributed by atoms with Gasteiger partial charge in [0, 0.05) is 30.6 Å². The molecule has 3 rings (SSSR count). The molecule has 0 aromatic heterocycles. The van der Waals surface area contributed by atoms with Crippen molar-refractivity contribution in [1.29, 1.82) is 0 Å². The van der Waals surface area contributed by atoms with Gasteiger partial charge in [0.05, 0.1) is 11.9 Å². The van der Waals surface area contributed by atoms with Crippen molar-refractivity contribution >= 4 is 33.3 Å². The first kappa shape index (κ1) is 30.5. The van der Waals surface area contributed by atoms with Crippen molar-refractivity contribution in [1.82, 2.24) is 10.2 Å². The molecule has 0 radical (unpaired) electrons. The number of Topliss-reactive ketones (excluding diaryl/α,β-unsaturated/α-hetero) is 1. The molecular formula is C30H34FN3O5S. The first-order valence-electron chi connectivity index (χ1n) is 12.9.